The minimum atomic E-state index is -0.200. The summed E-state index contributed by atoms with van der Waals surface area (Å²) in [7, 11) is 0. The average molecular weight is 277 g/mol. The van der Waals surface area contributed by atoms with E-state index in [2.05, 4.69) is 42.6 Å². The zero-order valence-corrected chi connectivity index (χ0v) is 12.8. The summed E-state index contributed by atoms with van der Waals surface area (Å²) in [5.74, 6) is 0.832. The lowest BCUT2D eigenvalue weighted by Crippen LogP contribution is -2.37. The quantitative estimate of drug-likeness (QED) is 0.906. The molecule has 0 aliphatic rings. The average Bonchev–Trinajstić information content (AvgIpc) is 2.66. The SMILES string of the molecule is CCCn1c(CCNC(C)(C)C)nc2ccc(F)cc21. The van der Waals surface area contributed by atoms with Crippen LogP contribution >= 0.6 is 0 Å². The van der Waals surface area contributed by atoms with Gasteiger partial charge >= 0.3 is 0 Å². The normalized spacial score (nSPS) is 12.2. The van der Waals surface area contributed by atoms with E-state index in [0.29, 0.717) is 0 Å². The van der Waals surface area contributed by atoms with Gasteiger partial charge in [0.2, 0.25) is 0 Å². The monoisotopic (exact) mass is 277 g/mol. The summed E-state index contributed by atoms with van der Waals surface area (Å²) in [6.07, 6.45) is 1.87. The predicted octanol–water partition coefficient (Wildman–Crippen LogP) is 3.52. The van der Waals surface area contributed by atoms with Gasteiger partial charge in [0.15, 0.2) is 0 Å². The highest BCUT2D eigenvalue weighted by Gasteiger charge is 2.13. The van der Waals surface area contributed by atoms with E-state index in [1.807, 2.05) is 0 Å². The van der Waals surface area contributed by atoms with Gasteiger partial charge in [-0.3, -0.25) is 0 Å². The summed E-state index contributed by atoms with van der Waals surface area (Å²) in [6.45, 7) is 10.3. The van der Waals surface area contributed by atoms with Gasteiger partial charge in [-0.2, -0.15) is 0 Å². The van der Waals surface area contributed by atoms with Gasteiger partial charge in [-0.25, -0.2) is 9.37 Å². The Bertz CT molecular complexity index is 581. The first-order chi connectivity index (χ1) is 9.40. The van der Waals surface area contributed by atoms with Crippen molar-refractivity contribution in [2.75, 3.05) is 6.54 Å². The Morgan fingerprint density at radius 3 is 2.70 bits per heavy atom. The lowest BCUT2D eigenvalue weighted by Gasteiger charge is -2.20. The highest BCUT2D eigenvalue weighted by Crippen LogP contribution is 2.18. The lowest BCUT2D eigenvalue weighted by atomic mass is 10.1. The summed E-state index contributed by atoms with van der Waals surface area (Å²) in [6, 6.07) is 4.82. The van der Waals surface area contributed by atoms with Crippen molar-refractivity contribution in [3.05, 3.63) is 29.8 Å². The van der Waals surface area contributed by atoms with Crippen molar-refractivity contribution in [2.45, 2.75) is 52.6 Å². The smallest absolute Gasteiger partial charge is 0.125 e. The van der Waals surface area contributed by atoms with Gasteiger partial charge in [0.25, 0.3) is 0 Å². The number of fused-ring (bicyclic) bond motifs is 1. The van der Waals surface area contributed by atoms with Crippen LogP contribution in [-0.2, 0) is 13.0 Å². The Morgan fingerprint density at radius 2 is 2.05 bits per heavy atom. The fourth-order valence-corrected chi connectivity index (χ4v) is 2.36. The molecule has 3 nitrogen and oxygen atoms in total. The van der Waals surface area contributed by atoms with Gasteiger partial charge in [-0.1, -0.05) is 6.92 Å². The van der Waals surface area contributed by atoms with E-state index in [0.717, 1.165) is 42.8 Å². The molecular formula is C16H24FN3. The number of halogens is 1. The molecule has 1 aromatic carbocycles. The zero-order chi connectivity index (χ0) is 14.8. The molecule has 0 saturated heterocycles. The lowest BCUT2D eigenvalue weighted by molar-refractivity contribution is 0.425. The van der Waals surface area contributed by atoms with E-state index in [-0.39, 0.29) is 11.4 Å². The molecule has 1 aromatic heterocycles. The summed E-state index contributed by atoms with van der Waals surface area (Å²) in [5, 5.41) is 3.47. The zero-order valence-electron chi connectivity index (χ0n) is 12.8. The van der Waals surface area contributed by atoms with Crippen molar-refractivity contribution < 1.29 is 4.39 Å². The summed E-state index contributed by atoms with van der Waals surface area (Å²) in [4.78, 5) is 4.65. The minimum absolute atomic E-state index is 0.105. The van der Waals surface area contributed by atoms with E-state index in [4.69, 9.17) is 0 Å². The van der Waals surface area contributed by atoms with Crippen molar-refractivity contribution in [1.82, 2.24) is 14.9 Å². The second-order valence-corrected chi connectivity index (χ2v) is 6.24. The van der Waals surface area contributed by atoms with Crippen molar-refractivity contribution in [3.8, 4) is 0 Å². The first kappa shape index (κ1) is 15.0. The topological polar surface area (TPSA) is 29.9 Å². The standard InChI is InChI=1S/C16H24FN3/c1-5-10-20-14-11-12(17)6-7-13(14)19-15(20)8-9-18-16(2,3)4/h6-7,11,18H,5,8-10H2,1-4H3. The maximum Gasteiger partial charge on any atom is 0.125 e. The van der Waals surface area contributed by atoms with Crippen LogP contribution in [0.25, 0.3) is 11.0 Å². The van der Waals surface area contributed by atoms with E-state index in [1.165, 1.54) is 6.07 Å². The van der Waals surface area contributed by atoms with Crippen LogP contribution in [0.1, 0.15) is 39.9 Å². The van der Waals surface area contributed by atoms with Crippen LogP contribution in [-0.4, -0.2) is 21.6 Å². The predicted molar refractivity (Wildman–Crippen MR) is 81.4 cm³/mol. The molecule has 1 N–H and O–H groups in total. The molecule has 0 amide bonds. The van der Waals surface area contributed by atoms with Crippen LogP contribution in [0.15, 0.2) is 18.2 Å². The molecule has 2 aromatic rings. The number of aromatic nitrogens is 2. The molecule has 0 aliphatic heterocycles. The van der Waals surface area contributed by atoms with Gasteiger partial charge in [0.1, 0.15) is 11.6 Å². The molecule has 0 spiro atoms. The second-order valence-electron chi connectivity index (χ2n) is 6.24. The number of rotatable bonds is 5. The molecule has 20 heavy (non-hydrogen) atoms. The Labute approximate surface area is 120 Å². The molecule has 0 unspecified atom stereocenters. The maximum absolute atomic E-state index is 13.4. The minimum Gasteiger partial charge on any atom is -0.328 e. The molecule has 0 saturated carbocycles. The number of nitrogens with zero attached hydrogens (tertiary/aromatic N) is 2. The Kier molecular flexibility index (Phi) is 4.43. The fourth-order valence-electron chi connectivity index (χ4n) is 2.36. The molecule has 1 heterocycles. The number of aryl methyl sites for hydroxylation is 1. The summed E-state index contributed by atoms with van der Waals surface area (Å²) in [5.41, 5.74) is 1.89. The molecule has 4 heteroatoms. The molecule has 2 rings (SSSR count). The van der Waals surface area contributed by atoms with E-state index >= 15 is 0 Å². The second kappa shape index (κ2) is 5.92. The van der Waals surface area contributed by atoms with Gasteiger partial charge in [-0.05, 0) is 45.4 Å². The van der Waals surface area contributed by atoms with Gasteiger partial charge in [-0.15, -0.1) is 0 Å². The van der Waals surface area contributed by atoms with Crippen molar-refractivity contribution >= 4 is 11.0 Å². The third-order valence-electron chi connectivity index (χ3n) is 3.24. The number of nitrogens with one attached hydrogen (secondary N) is 1. The highest BCUT2D eigenvalue weighted by molar-refractivity contribution is 5.76. The maximum atomic E-state index is 13.4. The van der Waals surface area contributed by atoms with Gasteiger partial charge in [0, 0.05) is 25.0 Å². The largest absolute Gasteiger partial charge is 0.328 e. The third kappa shape index (κ3) is 3.57. The van der Waals surface area contributed by atoms with E-state index in [9.17, 15) is 4.39 Å². The molecular weight excluding hydrogens is 253 g/mol. The van der Waals surface area contributed by atoms with Gasteiger partial charge in [0.05, 0.1) is 11.0 Å². The molecule has 0 radical (unpaired) electrons. The van der Waals surface area contributed by atoms with Gasteiger partial charge < -0.3 is 9.88 Å². The Morgan fingerprint density at radius 1 is 1.30 bits per heavy atom. The van der Waals surface area contributed by atoms with Crippen LogP contribution in [0.5, 0.6) is 0 Å². The first-order valence-electron chi connectivity index (χ1n) is 7.30. The molecule has 0 fully saturated rings. The van der Waals surface area contributed by atoms with Crippen LogP contribution in [0, 0.1) is 5.82 Å². The summed E-state index contributed by atoms with van der Waals surface area (Å²) < 4.78 is 15.6. The fraction of sp³-hybridized carbons (Fsp3) is 0.562. The molecule has 0 bridgehead atoms. The molecule has 110 valence electrons. The van der Waals surface area contributed by atoms with Crippen LogP contribution in [0.2, 0.25) is 0 Å². The number of imidazole rings is 1. The number of hydrogen-bond acceptors (Lipinski definition) is 2. The van der Waals surface area contributed by atoms with E-state index < -0.39 is 0 Å². The van der Waals surface area contributed by atoms with Crippen LogP contribution in [0.3, 0.4) is 0 Å². The third-order valence-corrected chi connectivity index (χ3v) is 3.24. The highest BCUT2D eigenvalue weighted by atomic mass is 19.1. The molecule has 0 aliphatic carbocycles. The molecule has 0 atom stereocenters. The van der Waals surface area contributed by atoms with Crippen molar-refractivity contribution in [2.24, 2.45) is 0 Å². The Balaban J connectivity index is 2.25. The first-order valence-corrected chi connectivity index (χ1v) is 7.30. The van der Waals surface area contributed by atoms with Crippen LogP contribution < -0.4 is 5.32 Å². The van der Waals surface area contributed by atoms with E-state index in [1.54, 1.807) is 12.1 Å². The van der Waals surface area contributed by atoms with Crippen LogP contribution in [0.4, 0.5) is 4.39 Å². The number of hydrogen-bond donors (Lipinski definition) is 1. The Hall–Kier alpha value is -1.42. The van der Waals surface area contributed by atoms with Crippen molar-refractivity contribution in [1.29, 1.82) is 0 Å². The van der Waals surface area contributed by atoms with Crippen molar-refractivity contribution in [3.63, 3.8) is 0 Å². The summed E-state index contributed by atoms with van der Waals surface area (Å²) >= 11 is 0. The number of benzene rings is 1.